The minimum absolute atomic E-state index is 0.0452. The Morgan fingerprint density at radius 2 is 1.70 bits per heavy atom. The Hall–Kier alpha value is -6.65. The lowest BCUT2D eigenvalue weighted by Crippen LogP contribution is -2.52. The summed E-state index contributed by atoms with van der Waals surface area (Å²) in [5, 5.41) is 67.7. The summed E-state index contributed by atoms with van der Waals surface area (Å²) < 4.78 is 29.2. The SMILES string of the molecule is COc1cccc2c1C(=O)c1c(O)c3c(c(O)c1C2=O)C[C@@](O)(C(=O)CO)C[C@@H]3OC1C[C@H]2[C@H](OCN2C(=O)OCc2ccc(NC(=O)N[C@H](CCC(=O)O)C(=O)O)cc2)[C@H](C)O1. The summed E-state index contributed by atoms with van der Waals surface area (Å²) in [6.07, 6.45) is -6.95. The molecule has 63 heavy (non-hydrogen) atoms. The highest BCUT2D eigenvalue weighted by atomic mass is 16.7. The number of aliphatic carboxylic acids is 2. The summed E-state index contributed by atoms with van der Waals surface area (Å²) in [6.45, 7) is 0.142. The Bertz CT molecular complexity index is 2390. The highest BCUT2D eigenvalue weighted by Crippen LogP contribution is 2.53. The zero-order valence-corrected chi connectivity index (χ0v) is 33.7. The van der Waals surface area contributed by atoms with Crippen LogP contribution < -0.4 is 15.4 Å². The minimum Gasteiger partial charge on any atom is -0.507 e. The maximum absolute atomic E-state index is 14.0. The maximum atomic E-state index is 14.0. The van der Waals surface area contributed by atoms with Crippen molar-refractivity contribution in [3.8, 4) is 17.2 Å². The van der Waals surface area contributed by atoms with Crippen LogP contribution in [-0.2, 0) is 46.4 Å². The molecule has 0 bridgehead atoms. The molecule has 0 saturated carbocycles. The number of ether oxygens (including phenoxy) is 5. The number of hydrogen-bond acceptors (Lipinski definition) is 16. The van der Waals surface area contributed by atoms with Crippen molar-refractivity contribution < 1.29 is 87.9 Å². The number of fused-ring (bicyclic) bond motifs is 4. The van der Waals surface area contributed by atoms with Crippen LogP contribution in [0.25, 0.3) is 0 Å². The van der Waals surface area contributed by atoms with Gasteiger partial charge in [0.15, 0.2) is 17.9 Å². The van der Waals surface area contributed by atoms with E-state index in [1.54, 1.807) is 19.1 Å². The van der Waals surface area contributed by atoms with Crippen molar-refractivity contribution in [2.45, 2.75) is 87.9 Å². The summed E-state index contributed by atoms with van der Waals surface area (Å²) in [4.78, 5) is 90.2. The van der Waals surface area contributed by atoms with E-state index >= 15 is 0 Å². The van der Waals surface area contributed by atoms with Crippen LogP contribution in [0.2, 0.25) is 0 Å². The van der Waals surface area contributed by atoms with Crippen molar-refractivity contribution >= 4 is 47.1 Å². The number of anilines is 1. The van der Waals surface area contributed by atoms with Gasteiger partial charge in [-0.3, -0.25) is 24.1 Å². The van der Waals surface area contributed by atoms with Crippen LogP contribution in [0.1, 0.15) is 87.2 Å². The molecule has 21 nitrogen and oxygen atoms in total. The number of Topliss-reactive ketones (excluding diaryl/α,β-unsaturated/α-hetero) is 1. The van der Waals surface area contributed by atoms with Crippen LogP contribution in [-0.4, -0.2) is 134 Å². The van der Waals surface area contributed by atoms with E-state index in [1.165, 1.54) is 42.3 Å². The molecule has 2 aliphatic carbocycles. The molecule has 7 atom stereocenters. The van der Waals surface area contributed by atoms with E-state index in [2.05, 4.69) is 10.6 Å². The number of phenols is 2. The second kappa shape index (κ2) is 17.6. The van der Waals surface area contributed by atoms with E-state index in [0.29, 0.717) is 5.56 Å². The number of hydrogen-bond donors (Lipinski definition) is 8. The third-order valence-electron chi connectivity index (χ3n) is 11.6. The summed E-state index contributed by atoms with van der Waals surface area (Å²) in [6, 6.07) is 7.29. The van der Waals surface area contributed by atoms with Crippen LogP contribution in [0, 0.1) is 0 Å². The lowest BCUT2D eigenvalue weighted by atomic mass is 9.72. The van der Waals surface area contributed by atoms with E-state index < -0.39 is 132 Å². The summed E-state index contributed by atoms with van der Waals surface area (Å²) in [5.74, 6) is -6.77. The van der Waals surface area contributed by atoms with Crippen LogP contribution in [0.4, 0.5) is 15.3 Å². The lowest BCUT2D eigenvalue weighted by molar-refractivity contribution is -0.246. The number of carbonyl (C=O) groups is 7. The van der Waals surface area contributed by atoms with E-state index in [-0.39, 0.29) is 59.9 Å². The largest absolute Gasteiger partial charge is 0.507 e. The Labute approximate surface area is 357 Å². The van der Waals surface area contributed by atoms with Crippen LogP contribution in [0.15, 0.2) is 42.5 Å². The molecule has 0 radical (unpaired) electrons. The normalized spacial score (nSPS) is 23.9. The number of nitrogens with zero attached hydrogens (tertiary/aromatic N) is 1. The predicted octanol–water partition coefficient (Wildman–Crippen LogP) is 2.12. The third kappa shape index (κ3) is 8.47. The minimum atomic E-state index is -2.37. The number of amides is 3. The number of carbonyl (C=O) groups excluding carboxylic acids is 5. The number of carboxylic acids is 2. The van der Waals surface area contributed by atoms with Gasteiger partial charge in [-0.25, -0.2) is 14.4 Å². The molecule has 334 valence electrons. The quantitative estimate of drug-likeness (QED) is 0.0892. The van der Waals surface area contributed by atoms with Crippen LogP contribution in [0.3, 0.4) is 0 Å². The summed E-state index contributed by atoms with van der Waals surface area (Å²) >= 11 is 0. The van der Waals surface area contributed by atoms with Crippen molar-refractivity contribution in [3.05, 3.63) is 81.4 Å². The zero-order valence-electron chi connectivity index (χ0n) is 33.7. The summed E-state index contributed by atoms with van der Waals surface area (Å²) in [7, 11) is 1.30. The van der Waals surface area contributed by atoms with Crippen LogP contribution >= 0.6 is 0 Å². The molecule has 7 rings (SSSR count). The molecular formula is C42H43N3O18. The van der Waals surface area contributed by atoms with Crippen LogP contribution in [0.5, 0.6) is 17.2 Å². The first-order valence-electron chi connectivity index (χ1n) is 19.7. The van der Waals surface area contributed by atoms with E-state index in [4.69, 9.17) is 28.8 Å². The molecule has 2 saturated heterocycles. The number of nitrogens with one attached hydrogen (secondary N) is 2. The van der Waals surface area contributed by atoms with Gasteiger partial charge in [-0.05, 0) is 37.1 Å². The van der Waals surface area contributed by atoms with Gasteiger partial charge < -0.3 is 65.0 Å². The molecular weight excluding hydrogens is 834 g/mol. The Balaban J connectivity index is 1.06. The van der Waals surface area contributed by atoms with E-state index in [0.717, 1.165) is 0 Å². The highest BCUT2D eigenvalue weighted by Gasteiger charge is 2.52. The lowest BCUT2D eigenvalue weighted by Gasteiger charge is -2.42. The van der Waals surface area contributed by atoms with Gasteiger partial charge in [0.2, 0.25) is 5.78 Å². The third-order valence-corrected chi connectivity index (χ3v) is 11.6. The molecule has 1 unspecified atom stereocenters. The van der Waals surface area contributed by atoms with Crippen molar-refractivity contribution in [1.82, 2.24) is 10.2 Å². The van der Waals surface area contributed by atoms with Gasteiger partial charge in [0.25, 0.3) is 0 Å². The molecule has 0 aromatic heterocycles. The van der Waals surface area contributed by atoms with Gasteiger partial charge >= 0.3 is 24.1 Å². The number of carboxylic acid groups (broad SMARTS) is 2. The first-order valence-corrected chi connectivity index (χ1v) is 19.7. The number of aliphatic hydroxyl groups is 2. The fraction of sp³-hybridized carbons (Fsp3) is 0.405. The fourth-order valence-electron chi connectivity index (χ4n) is 8.45. The number of benzene rings is 3. The van der Waals surface area contributed by atoms with Gasteiger partial charge in [0, 0.05) is 48.1 Å². The number of rotatable bonds is 13. The highest BCUT2D eigenvalue weighted by molar-refractivity contribution is 6.31. The second-order valence-electron chi connectivity index (χ2n) is 15.5. The fourth-order valence-corrected chi connectivity index (χ4v) is 8.45. The summed E-state index contributed by atoms with van der Waals surface area (Å²) in [5.41, 5.74) is -3.38. The van der Waals surface area contributed by atoms with E-state index in [9.17, 15) is 59.1 Å². The Kier molecular flexibility index (Phi) is 12.4. The number of urea groups is 1. The molecule has 3 amide bonds. The first kappa shape index (κ1) is 44.4. The Morgan fingerprint density at radius 1 is 0.984 bits per heavy atom. The number of aromatic hydroxyl groups is 2. The standard InChI is InChI=1S/C42H43N3O18/c1-18-38-24(45(17-61-38)41(57)60-16-19-6-8-20(9-7-19)43-40(56)44-23(39(54)55)10-11-28(48)49)12-29(62-18)63-26-14-42(58,27(47)15-46)13-22-31(26)37(53)33-32(35(22)51)34(50)21-4-3-5-25(59-2)30(21)36(33)52/h3-9,18,23-24,26,29,38,46,51,53,58H,10-17H2,1-2H3,(H,48,49)(H,54,55)(H2,43,44,56)/t18-,23+,24-,26-,29?,38+,42-/m0/s1. The molecule has 2 heterocycles. The number of phenolic OH excluding ortho intramolecular Hbond substituents is 2. The molecule has 3 aromatic carbocycles. The van der Waals surface area contributed by atoms with Crippen molar-refractivity contribution in [2.24, 2.45) is 0 Å². The van der Waals surface area contributed by atoms with Gasteiger partial charge in [0.1, 0.15) is 54.9 Å². The van der Waals surface area contributed by atoms with Gasteiger partial charge in [-0.2, -0.15) is 0 Å². The predicted molar refractivity (Wildman–Crippen MR) is 210 cm³/mol. The maximum Gasteiger partial charge on any atom is 0.412 e. The Morgan fingerprint density at radius 3 is 2.37 bits per heavy atom. The topological polar surface area (TPSA) is 314 Å². The molecule has 21 heteroatoms. The number of methoxy groups -OCH3 is 1. The molecule has 0 spiro atoms. The van der Waals surface area contributed by atoms with Gasteiger partial charge in [-0.1, -0.05) is 24.3 Å². The van der Waals surface area contributed by atoms with Crippen molar-refractivity contribution in [2.75, 3.05) is 25.8 Å². The monoisotopic (exact) mass is 877 g/mol. The zero-order chi connectivity index (χ0) is 45.5. The molecule has 8 N–H and O–H groups in total. The van der Waals surface area contributed by atoms with E-state index in [1.807, 2.05) is 0 Å². The molecule has 3 aromatic rings. The van der Waals surface area contributed by atoms with Crippen molar-refractivity contribution in [3.63, 3.8) is 0 Å². The van der Waals surface area contributed by atoms with Gasteiger partial charge in [-0.15, -0.1) is 0 Å². The molecule has 2 aliphatic heterocycles. The first-order chi connectivity index (χ1) is 30.0. The number of aliphatic hydroxyl groups excluding tert-OH is 1. The number of ketones is 3. The van der Waals surface area contributed by atoms with Gasteiger partial charge in [0.05, 0.1) is 42.0 Å². The average Bonchev–Trinajstić information content (AvgIpc) is 3.69. The van der Waals surface area contributed by atoms with Crippen molar-refractivity contribution in [1.29, 1.82) is 0 Å². The second-order valence-corrected chi connectivity index (χ2v) is 15.5. The smallest absolute Gasteiger partial charge is 0.412 e. The average molecular weight is 878 g/mol. The molecule has 4 aliphatic rings. The molecule has 2 fully saturated rings.